The normalized spacial score (nSPS) is 20.8. The number of halogens is 1. The lowest BCUT2D eigenvalue weighted by molar-refractivity contribution is -0.126. The number of nitrogens with one attached hydrogen (secondary N) is 1. The third-order valence-electron chi connectivity index (χ3n) is 4.54. The zero-order valence-electron chi connectivity index (χ0n) is 14.5. The number of nitrogens with zero attached hydrogens (tertiary/aromatic N) is 1. The van der Waals surface area contributed by atoms with Gasteiger partial charge in [-0.1, -0.05) is 6.07 Å². The van der Waals surface area contributed by atoms with Gasteiger partial charge in [0.15, 0.2) is 0 Å². The van der Waals surface area contributed by atoms with E-state index < -0.39 is 0 Å². The molecule has 2 amide bonds. The van der Waals surface area contributed by atoms with Crippen molar-refractivity contribution in [2.45, 2.75) is 32.7 Å². The van der Waals surface area contributed by atoms with E-state index in [2.05, 4.69) is 5.32 Å². The van der Waals surface area contributed by atoms with Gasteiger partial charge in [-0.2, -0.15) is 0 Å². The molecule has 1 saturated heterocycles. The van der Waals surface area contributed by atoms with Crippen molar-refractivity contribution < 1.29 is 18.7 Å². The first-order valence-corrected chi connectivity index (χ1v) is 8.27. The number of hydrogen-bond acceptors (Lipinski definition) is 3. The molecule has 5 nitrogen and oxygen atoms in total. The van der Waals surface area contributed by atoms with Gasteiger partial charge >= 0.3 is 0 Å². The van der Waals surface area contributed by atoms with Crippen LogP contribution in [-0.4, -0.2) is 49.6 Å². The largest absolute Gasteiger partial charge is 0.383 e. The average molecular weight is 336 g/mol. The van der Waals surface area contributed by atoms with E-state index in [0.29, 0.717) is 30.8 Å². The summed E-state index contributed by atoms with van der Waals surface area (Å²) < 4.78 is 18.7. The molecular formula is C18H25FN2O3. The molecule has 2 rings (SSSR count). The van der Waals surface area contributed by atoms with Gasteiger partial charge in [0, 0.05) is 31.8 Å². The first-order chi connectivity index (χ1) is 11.4. The smallest absolute Gasteiger partial charge is 0.254 e. The first kappa shape index (κ1) is 18.4. The maximum Gasteiger partial charge on any atom is 0.254 e. The van der Waals surface area contributed by atoms with Crippen LogP contribution in [-0.2, 0) is 9.53 Å². The van der Waals surface area contributed by atoms with Crippen LogP contribution in [0.3, 0.4) is 0 Å². The number of hydrogen-bond donors (Lipinski definition) is 1. The second-order valence-electron chi connectivity index (χ2n) is 6.33. The third kappa shape index (κ3) is 4.32. The summed E-state index contributed by atoms with van der Waals surface area (Å²) in [5.41, 5.74) is 0.832. The van der Waals surface area contributed by atoms with Gasteiger partial charge in [0.05, 0.1) is 12.5 Å². The van der Waals surface area contributed by atoms with Gasteiger partial charge in [0.2, 0.25) is 5.91 Å². The zero-order chi connectivity index (χ0) is 17.7. The number of benzene rings is 1. The minimum absolute atomic E-state index is 0.0323. The van der Waals surface area contributed by atoms with Gasteiger partial charge in [-0.3, -0.25) is 9.59 Å². The number of piperidine rings is 1. The van der Waals surface area contributed by atoms with Crippen LogP contribution in [0, 0.1) is 18.7 Å². The maximum absolute atomic E-state index is 13.7. The lowest BCUT2D eigenvalue weighted by Gasteiger charge is -2.37. The van der Waals surface area contributed by atoms with Crippen LogP contribution in [0.15, 0.2) is 18.2 Å². The Bertz CT molecular complexity index is 606. The summed E-state index contributed by atoms with van der Waals surface area (Å²) >= 11 is 0. The summed E-state index contributed by atoms with van der Waals surface area (Å²) in [4.78, 5) is 26.6. The summed E-state index contributed by atoms with van der Waals surface area (Å²) in [5.74, 6) is -0.917. The van der Waals surface area contributed by atoms with E-state index in [1.165, 1.54) is 6.07 Å². The van der Waals surface area contributed by atoms with E-state index in [1.807, 2.05) is 6.92 Å². The van der Waals surface area contributed by atoms with E-state index in [0.717, 1.165) is 12.8 Å². The van der Waals surface area contributed by atoms with Crippen LogP contribution >= 0.6 is 0 Å². The summed E-state index contributed by atoms with van der Waals surface area (Å²) in [5, 5.41) is 2.82. The lowest BCUT2D eigenvalue weighted by Crippen LogP contribution is -2.49. The van der Waals surface area contributed by atoms with Gasteiger partial charge in [0.25, 0.3) is 5.91 Å². The Kier molecular flexibility index (Phi) is 6.31. The van der Waals surface area contributed by atoms with E-state index in [4.69, 9.17) is 4.74 Å². The average Bonchev–Trinajstić information content (AvgIpc) is 2.57. The summed E-state index contributed by atoms with van der Waals surface area (Å²) in [6.45, 7) is 4.89. The van der Waals surface area contributed by atoms with Crippen molar-refractivity contribution in [3.05, 3.63) is 35.1 Å². The van der Waals surface area contributed by atoms with Crippen LogP contribution in [0.4, 0.5) is 4.39 Å². The Balaban J connectivity index is 2.05. The second kappa shape index (κ2) is 8.24. The molecule has 1 heterocycles. The second-order valence-corrected chi connectivity index (χ2v) is 6.33. The Labute approximate surface area is 142 Å². The van der Waals surface area contributed by atoms with E-state index in [9.17, 15) is 14.0 Å². The van der Waals surface area contributed by atoms with Crippen molar-refractivity contribution in [3.63, 3.8) is 0 Å². The van der Waals surface area contributed by atoms with Gasteiger partial charge in [-0.25, -0.2) is 4.39 Å². The Morgan fingerprint density at radius 2 is 2.12 bits per heavy atom. The quantitative estimate of drug-likeness (QED) is 0.838. The van der Waals surface area contributed by atoms with Crippen LogP contribution in [0.5, 0.6) is 0 Å². The molecule has 132 valence electrons. The third-order valence-corrected chi connectivity index (χ3v) is 4.54. The van der Waals surface area contributed by atoms with Crippen LogP contribution in [0.25, 0.3) is 0 Å². The predicted molar refractivity (Wildman–Crippen MR) is 89.2 cm³/mol. The molecule has 1 aliphatic rings. The molecule has 1 aliphatic heterocycles. The predicted octanol–water partition coefficient (Wildman–Crippen LogP) is 2.14. The Hall–Kier alpha value is -1.95. The molecular weight excluding hydrogens is 311 g/mol. The molecule has 1 aromatic carbocycles. The molecule has 0 radical (unpaired) electrons. The number of amides is 2. The highest BCUT2D eigenvalue weighted by Crippen LogP contribution is 2.24. The summed E-state index contributed by atoms with van der Waals surface area (Å²) in [6.07, 6.45) is 1.49. The highest BCUT2D eigenvalue weighted by atomic mass is 19.1. The Morgan fingerprint density at radius 1 is 1.38 bits per heavy atom. The molecule has 0 aromatic heterocycles. The van der Waals surface area contributed by atoms with E-state index >= 15 is 0 Å². The standard InChI is InChI=1S/C18H25FN2O3/c1-12-4-6-14(10-16(12)19)18(23)21-11-15(7-5-13(21)2)17(22)20-8-9-24-3/h4,6,10,13,15H,5,7-9,11H2,1-3H3,(H,20,22)/t13-,15+/m0/s1. The highest BCUT2D eigenvalue weighted by Gasteiger charge is 2.33. The number of carbonyl (C=O) groups excluding carboxylic acids is 2. The lowest BCUT2D eigenvalue weighted by atomic mass is 9.92. The molecule has 0 spiro atoms. The van der Waals surface area contributed by atoms with Crippen molar-refractivity contribution in [1.29, 1.82) is 0 Å². The molecule has 1 N–H and O–H groups in total. The summed E-state index contributed by atoms with van der Waals surface area (Å²) in [6, 6.07) is 4.54. The number of ether oxygens (including phenoxy) is 1. The number of rotatable bonds is 5. The van der Waals surface area contributed by atoms with E-state index in [-0.39, 0.29) is 29.6 Å². The molecule has 0 bridgehead atoms. The maximum atomic E-state index is 13.7. The fourth-order valence-corrected chi connectivity index (χ4v) is 2.92. The first-order valence-electron chi connectivity index (χ1n) is 8.27. The van der Waals surface area contributed by atoms with E-state index in [1.54, 1.807) is 31.1 Å². The van der Waals surface area contributed by atoms with Crippen LogP contribution in [0.1, 0.15) is 35.7 Å². The zero-order valence-corrected chi connectivity index (χ0v) is 14.5. The van der Waals surface area contributed by atoms with Crippen LogP contribution in [0.2, 0.25) is 0 Å². The fourth-order valence-electron chi connectivity index (χ4n) is 2.92. The molecule has 1 fully saturated rings. The van der Waals surface area contributed by atoms with Crippen molar-refractivity contribution in [2.75, 3.05) is 26.8 Å². The molecule has 6 heteroatoms. The molecule has 0 aliphatic carbocycles. The summed E-state index contributed by atoms with van der Waals surface area (Å²) in [7, 11) is 1.58. The van der Waals surface area contributed by atoms with Gasteiger partial charge < -0.3 is 15.0 Å². The Morgan fingerprint density at radius 3 is 2.79 bits per heavy atom. The van der Waals surface area contributed by atoms with Crippen molar-refractivity contribution in [1.82, 2.24) is 10.2 Å². The van der Waals surface area contributed by atoms with Gasteiger partial charge in [-0.05, 0) is 44.4 Å². The van der Waals surface area contributed by atoms with Crippen molar-refractivity contribution in [3.8, 4) is 0 Å². The van der Waals surface area contributed by atoms with Crippen LogP contribution < -0.4 is 5.32 Å². The van der Waals surface area contributed by atoms with Gasteiger partial charge in [-0.15, -0.1) is 0 Å². The molecule has 2 atom stereocenters. The number of methoxy groups -OCH3 is 1. The molecule has 1 aromatic rings. The minimum Gasteiger partial charge on any atom is -0.383 e. The molecule has 0 unspecified atom stereocenters. The van der Waals surface area contributed by atoms with Gasteiger partial charge in [0.1, 0.15) is 5.82 Å². The van der Waals surface area contributed by atoms with Crippen molar-refractivity contribution in [2.24, 2.45) is 5.92 Å². The minimum atomic E-state index is -0.389. The highest BCUT2D eigenvalue weighted by molar-refractivity contribution is 5.95. The molecule has 24 heavy (non-hydrogen) atoms. The number of aryl methyl sites for hydroxylation is 1. The fraction of sp³-hybridized carbons (Fsp3) is 0.556. The monoisotopic (exact) mass is 336 g/mol. The molecule has 0 saturated carbocycles. The number of likely N-dealkylation sites (tertiary alicyclic amines) is 1. The van der Waals surface area contributed by atoms with Crippen molar-refractivity contribution >= 4 is 11.8 Å². The number of carbonyl (C=O) groups is 2. The SMILES string of the molecule is COCCNC(=O)[C@@H]1CC[C@H](C)N(C(=O)c2ccc(C)c(F)c2)C1. The topological polar surface area (TPSA) is 58.6 Å².